The third kappa shape index (κ3) is 4.27. The molecule has 0 saturated heterocycles. The lowest BCUT2D eigenvalue weighted by molar-refractivity contribution is 0.0696. The molecular weight excluding hydrogens is 339 g/mol. The number of hydrogen-bond acceptors (Lipinski definition) is 6. The molecule has 0 spiro atoms. The maximum Gasteiger partial charge on any atom is 0.379 e. The summed E-state index contributed by atoms with van der Waals surface area (Å²) in [5.41, 5.74) is 4.16. The van der Waals surface area contributed by atoms with Crippen molar-refractivity contribution in [1.29, 1.82) is 0 Å². The second-order valence-electron chi connectivity index (χ2n) is 5.15. The highest BCUT2D eigenvalue weighted by molar-refractivity contribution is 5.89. The first-order chi connectivity index (χ1) is 12.7. The van der Waals surface area contributed by atoms with Crippen molar-refractivity contribution in [3.8, 4) is 11.5 Å². The number of nitrogens with zero attached hydrogens (tertiary/aromatic N) is 1. The van der Waals surface area contributed by atoms with Gasteiger partial charge in [0.1, 0.15) is 5.82 Å². The number of ether oxygens (including phenoxy) is 2. The summed E-state index contributed by atoms with van der Waals surface area (Å²) in [6.45, 7) is 0. The Morgan fingerprint density at radius 3 is 2.65 bits per heavy atom. The van der Waals surface area contributed by atoms with Crippen molar-refractivity contribution in [1.82, 2.24) is 0 Å². The molecule has 26 heavy (non-hydrogen) atoms. The molecule has 0 unspecified atom stereocenters. The molecule has 0 fully saturated rings. The standard InChI is InChI=1S/C19H15FN2O4/c1-24-18-11-13(12-21-22-15-7-5-14(20)6-8-15)4-9-16(18)26-19(23)17-3-2-10-25-17/h2-12,22H,1H3/b21-12+. The number of esters is 1. The van der Waals surface area contributed by atoms with Gasteiger partial charge < -0.3 is 13.9 Å². The Bertz CT molecular complexity index is 906. The summed E-state index contributed by atoms with van der Waals surface area (Å²) in [5.74, 6) is -0.203. The number of rotatable bonds is 6. The van der Waals surface area contributed by atoms with Crippen LogP contribution in [0.3, 0.4) is 0 Å². The molecule has 0 aliphatic rings. The summed E-state index contributed by atoms with van der Waals surface area (Å²) in [6.07, 6.45) is 2.95. The van der Waals surface area contributed by atoms with Gasteiger partial charge in [-0.25, -0.2) is 9.18 Å². The number of carbonyl (C=O) groups excluding carboxylic acids is 1. The Kier molecular flexibility index (Phi) is 5.28. The van der Waals surface area contributed by atoms with Crippen LogP contribution in [0.25, 0.3) is 0 Å². The number of benzene rings is 2. The van der Waals surface area contributed by atoms with Crippen LogP contribution >= 0.6 is 0 Å². The van der Waals surface area contributed by atoms with E-state index in [0.717, 1.165) is 0 Å². The minimum Gasteiger partial charge on any atom is -0.493 e. The Hall–Kier alpha value is -3.61. The summed E-state index contributed by atoms with van der Waals surface area (Å²) >= 11 is 0. The van der Waals surface area contributed by atoms with Crippen LogP contribution in [0, 0.1) is 5.82 Å². The number of hydrazone groups is 1. The maximum atomic E-state index is 12.9. The molecule has 2 aromatic carbocycles. The molecule has 0 saturated carbocycles. The van der Waals surface area contributed by atoms with Crippen LogP contribution < -0.4 is 14.9 Å². The van der Waals surface area contributed by atoms with Crippen LogP contribution in [0.15, 0.2) is 70.4 Å². The Labute approximate surface area is 148 Å². The van der Waals surface area contributed by atoms with Gasteiger partial charge in [-0.15, -0.1) is 0 Å². The molecule has 1 heterocycles. The molecule has 3 aromatic rings. The first-order valence-electron chi connectivity index (χ1n) is 7.64. The highest BCUT2D eigenvalue weighted by atomic mass is 19.1. The first-order valence-corrected chi connectivity index (χ1v) is 7.64. The first kappa shape index (κ1) is 17.2. The van der Waals surface area contributed by atoms with E-state index in [2.05, 4.69) is 10.5 Å². The number of carbonyl (C=O) groups is 1. The van der Waals surface area contributed by atoms with Gasteiger partial charge in [0.15, 0.2) is 11.5 Å². The molecule has 0 aliphatic carbocycles. The molecule has 132 valence electrons. The molecule has 1 aromatic heterocycles. The normalized spacial score (nSPS) is 10.7. The van der Waals surface area contributed by atoms with Crippen LogP contribution in [-0.4, -0.2) is 19.3 Å². The van der Waals surface area contributed by atoms with E-state index in [1.165, 1.54) is 31.6 Å². The van der Waals surface area contributed by atoms with E-state index in [4.69, 9.17) is 13.9 Å². The largest absolute Gasteiger partial charge is 0.493 e. The number of methoxy groups -OCH3 is 1. The van der Waals surface area contributed by atoms with Gasteiger partial charge in [0.05, 0.1) is 25.3 Å². The number of furan rings is 1. The van der Waals surface area contributed by atoms with E-state index in [0.29, 0.717) is 17.0 Å². The molecule has 7 heteroatoms. The van der Waals surface area contributed by atoms with Crippen LogP contribution in [0.1, 0.15) is 16.1 Å². The average Bonchev–Trinajstić information content (AvgIpc) is 3.19. The van der Waals surface area contributed by atoms with Gasteiger partial charge in [-0.3, -0.25) is 5.43 Å². The Balaban J connectivity index is 1.68. The van der Waals surface area contributed by atoms with Crippen LogP contribution in [-0.2, 0) is 0 Å². The van der Waals surface area contributed by atoms with E-state index in [-0.39, 0.29) is 17.3 Å². The zero-order chi connectivity index (χ0) is 18.4. The van der Waals surface area contributed by atoms with Crippen molar-refractivity contribution in [3.63, 3.8) is 0 Å². The third-order valence-corrected chi connectivity index (χ3v) is 3.36. The van der Waals surface area contributed by atoms with E-state index >= 15 is 0 Å². The molecule has 1 N–H and O–H groups in total. The smallest absolute Gasteiger partial charge is 0.379 e. The predicted octanol–water partition coefficient (Wildman–Crippen LogP) is 4.09. The molecule has 0 radical (unpaired) electrons. The average molecular weight is 354 g/mol. The third-order valence-electron chi connectivity index (χ3n) is 3.36. The molecule has 0 atom stereocenters. The van der Waals surface area contributed by atoms with Crippen molar-refractivity contribution < 1.29 is 23.1 Å². The quantitative estimate of drug-likeness (QED) is 0.312. The molecule has 0 bridgehead atoms. The van der Waals surface area contributed by atoms with Gasteiger partial charge in [-0.2, -0.15) is 5.10 Å². The second kappa shape index (κ2) is 7.98. The minimum absolute atomic E-state index is 0.0983. The van der Waals surface area contributed by atoms with Gasteiger partial charge in [0.2, 0.25) is 5.76 Å². The zero-order valence-electron chi connectivity index (χ0n) is 13.8. The number of hydrogen-bond donors (Lipinski definition) is 1. The number of nitrogens with one attached hydrogen (secondary N) is 1. The lowest BCUT2D eigenvalue weighted by Gasteiger charge is -2.09. The highest BCUT2D eigenvalue weighted by Gasteiger charge is 2.14. The summed E-state index contributed by atoms with van der Waals surface area (Å²) in [6, 6.07) is 13.9. The molecule has 0 amide bonds. The lowest BCUT2D eigenvalue weighted by atomic mass is 10.2. The van der Waals surface area contributed by atoms with Crippen molar-refractivity contribution in [2.75, 3.05) is 12.5 Å². The maximum absolute atomic E-state index is 12.9. The van der Waals surface area contributed by atoms with Crippen LogP contribution in [0.2, 0.25) is 0 Å². The van der Waals surface area contributed by atoms with Crippen molar-refractivity contribution >= 4 is 17.9 Å². The lowest BCUT2D eigenvalue weighted by Crippen LogP contribution is -2.08. The summed E-state index contributed by atoms with van der Waals surface area (Å²) in [7, 11) is 1.47. The summed E-state index contributed by atoms with van der Waals surface area (Å²) < 4.78 is 28.4. The van der Waals surface area contributed by atoms with Crippen molar-refractivity contribution in [2.45, 2.75) is 0 Å². The number of halogens is 1. The van der Waals surface area contributed by atoms with E-state index in [9.17, 15) is 9.18 Å². The van der Waals surface area contributed by atoms with Crippen LogP contribution in [0.5, 0.6) is 11.5 Å². The molecular formula is C19H15FN2O4. The summed E-state index contributed by atoms with van der Waals surface area (Å²) in [4.78, 5) is 11.9. The van der Waals surface area contributed by atoms with Gasteiger partial charge in [0.25, 0.3) is 0 Å². The topological polar surface area (TPSA) is 73.1 Å². The van der Waals surface area contributed by atoms with Crippen LogP contribution in [0.4, 0.5) is 10.1 Å². The fraction of sp³-hybridized carbons (Fsp3) is 0.0526. The van der Waals surface area contributed by atoms with Gasteiger partial charge in [-0.1, -0.05) is 0 Å². The SMILES string of the molecule is COc1cc(/C=N/Nc2ccc(F)cc2)ccc1OC(=O)c1ccco1. The van der Waals surface area contributed by atoms with E-state index in [1.807, 2.05) is 0 Å². The minimum atomic E-state index is -0.618. The summed E-state index contributed by atoms with van der Waals surface area (Å²) in [5, 5.41) is 4.07. The monoisotopic (exact) mass is 354 g/mol. The molecule has 3 rings (SSSR count). The fourth-order valence-corrected chi connectivity index (χ4v) is 2.10. The fourth-order valence-electron chi connectivity index (χ4n) is 2.10. The Morgan fingerprint density at radius 1 is 1.15 bits per heavy atom. The van der Waals surface area contributed by atoms with Crippen molar-refractivity contribution in [2.24, 2.45) is 5.10 Å². The van der Waals surface area contributed by atoms with E-state index < -0.39 is 5.97 Å². The van der Waals surface area contributed by atoms with Gasteiger partial charge >= 0.3 is 5.97 Å². The second-order valence-corrected chi connectivity index (χ2v) is 5.15. The Morgan fingerprint density at radius 2 is 1.96 bits per heavy atom. The van der Waals surface area contributed by atoms with Gasteiger partial charge in [0, 0.05) is 0 Å². The van der Waals surface area contributed by atoms with E-state index in [1.54, 1.807) is 42.6 Å². The van der Waals surface area contributed by atoms with Gasteiger partial charge in [-0.05, 0) is 60.2 Å². The van der Waals surface area contributed by atoms with Crippen molar-refractivity contribution in [3.05, 3.63) is 78.0 Å². The predicted molar refractivity (Wildman–Crippen MR) is 94.3 cm³/mol. The number of anilines is 1. The zero-order valence-corrected chi connectivity index (χ0v) is 13.8. The molecule has 6 nitrogen and oxygen atoms in total. The molecule has 0 aliphatic heterocycles. The highest BCUT2D eigenvalue weighted by Crippen LogP contribution is 2.28.